The maximum absolute atomic E-state index is 12.6. The minimum atomic E-state index is -0.695. The van der Waals surface area contributed by atoms with E-state index >= 15 is 0 Å². The molecule has 1 heterocycles. The van der Waals surface area contributed by atoms with E-state index < -0.39 is 11.8 Å². The van der Waals surface area contributed by atoms with Crippen LogP contribution in [0.5, 0.6) is 17.2 Å². The lowest BCUT2D eigenvalue weighted by Gasteiger charge is -2.28. The highest BCUT2D eigenvalue weighted by Gasteiger charge is 2.33. The van der Waals surface area contributed by atoms with Gasteiger partial charge in [0.25, 0.3) is 11.8 Å². The number of amides is 2. The van der Waals surface area contributed by atoms with Gasteiger partial charge >= 0.3 is 0 Å². The zero-order valence-electron chi connectivity index (χ0n) is 14.1. The molecule has 3 N–H and O–H groups in total. The van der Waals surface area contributed by atoms with Crippen LogP contribution in [-0.2, 0) is 16.0 Å². The molecule has 2 amide bonds. The lowest BCUT2D eigenvalue weighted by atomic mass is 9.98. The second kappa shape index (κ2) is 7.83. The summed E-state index contributed by atoms with van der Waals surface area (Å²) in [6, 6.07) is 1.20. The number of nitrogens with one attached hydrogen (secondary N) is 1. The number of thiocarbonyl (C=S) groups is 1. The van der Waals surface area contributed by atoms with E-state index in [2.05, 4.69) is 18.5 Å². The molecule has 0 radical (unpaired) electrons. The zero-order chi connectivity index (χ0) is 19.4. The number of allylic oxidation sites excluding steroid dienone is 1. The third-order valence-corrected chi connectivity index (χ3v) is 4.07. The van der Waals surface area contributed by atoms with Crippen LogP contribution in [0.4, 0.5) is 0 Å². The Morgan fingerprint density at radius 3 is 2.58 bits per heavy atom. The quantitative estimate of drug-likeness (QED) is 0.230. The molecule has 1 aliphatic rings. The maximum atomic E-state index is 12.6. The van der Waals surface area contributed by atoms with Crippen LogP contribution in [0.1, 0.15) is 11.1 Å². The normalized spacial score (nSPS) is 15.8. The summed E-state index contributed by atoms with van der Waals surface area (Å²) in [6.45, 7) is 7.28. The number of methoxy groups -OCH3 is 1. The SMILES string of the molecule is C=CCc1c(O)c(OC)cc(O)c1C=C1C(=O)NC(=S)N(CC=C)C1=O. The van der Waals surface area contributed by atoms with Crippen molar-refractivity contribution in [1.29, 1.82) is 0 Å². The molecule has 0 aromatic heterocycles. The molecular formula is C18H18N2O5S. The lowest BCUT2D eigenvalue weighted by Crippen LogP contribution is -2.53. The van der Waals surface area contributed by atoms with E-state index in [0.717, 1.165) is 0 Å². The molecule has 0 saturated carbocycles. The van der Waals surface area contributed by atoms with Gasteiger partial charge in [-0.25, -0.2) is 0 Å². The first-order valence-electron chi connectivity index (χ1n) is 7.58. The van der Waals surface area contributed by atoms with Crippen LogP contribution in [0.3, 0.4) is 0 Å². The molecule has 0 atom stereocenters. The van der Waals surface area contributed by atoms with E-state index in [-0.39, 0.29) is 52.0 Å². The highest BCUT2D eigenvalue weighted by atomic mass is 32.1. The summed E-state index contributed by atoms with van der Waals surface area (Å²) in [7, 11) is 1.34. The summed E-state index contributed by atoms with van der Waals surface area (Å²) in [5.41, 5.74) is 0.159. The van der Waals surface area contributed by atoms with Gasteiger partial charge in [-0.05, 0) is 24.7 Å². The first kappa shape index (κ1) is 19.2. The Morgan fingerprint density at radius 2 is 2.00 bits per heavy atom. The number of phenolic OH excluding ortho intramolecular Hbond substituents is 2. The van der Waals surface area contributed by atoms with Crippen molar-refractivity contribution < 1.29 is 24.5 Å². The van der Waals surface area contributed by atoms with Gasteiger partial charge in [0.2, 0.25) is 0 Å². The molecule has 1 fully saturated rings. The molecule has 0 spiro atoms. The van der Waals surface area contributed by atoms with Crippen molar-refractivity contribution in [2.75, 3.05) is 13.7 Å². The summed E-state index contributed by atoms with van der Waals surface area (Å²) in [6.07, 6.45) is 4.38. The Bertz CT molecular complexity index is 844. The van der Waals surface area contributed by atoms with Crippen LogP contribution in [0, 0.1) is 0 Å². The smallest absolute Gasteiger partial charge is 0.265 e. The largest absolute Gasteiger partial charge is 0.507 e. The van der Waals surface area contributed by atoms with Crippen LogP contribution in [0.15, 0.2) is 36.9 Å². The van der Waals surface area contributed by atoms with Crippen LogP contribution in [0.25, 0.3) is 6.08 Å². The van der Waals surface area contributed by atoms with Gasteiger partial charge in [-0.3, -0.25) is 19.8 Å². The Balaban J connectivity index is 2.63. The van der Waals surface area contributed by atoms with Crippen LogP contribution < -0.4 is 10.1 Å². The Hall–Kier alpha value is -3.13. The summed E-state index contributed by atoms with van der Waals surface area (Å²) in [5, 5.41) is 23.0. The van der Waals surface area contributed by atoms with E-state index in [1.807, 2.05) is 0 Å². The molecule has 2 rings (SSSR count). The number of carbonyl (C=O) groups is 2. The Morgan fingerprint density at radius 1 is 1.31 bits per heavy atom. The van der Waals surface area contributed by atoms with Gasteiger partial charge in [0, 0.05) is 23.7 Å². The van der Waals surface area contributed by atoms with Gasteiger partial charge in [0.1, 0.15) is 11.3 Å². The van der Waals surface area contributed by atoms with Crippen molar-refractivity contribution in [3.8, 4) is 17.2 Å². The number of aromatic hydroxyl groups is 2. The first-order chi connectivity index (χ1) is 12.3. The van der Waals surface area contributed by atoms with E-state index in [1.54, 1.807) is 0 Å². The third kappa shape index (κ3) is 3.45. The molecule has 1 aromatic carbocycles. The van der Waals surface area contributed by atoms with Gasteiger partial charge in [0.05, 0.1) is 7.11 Å². The number of rotatable bonds is 6. The van der Waals surface area contributed by atoms with E-state index in [1.165, 1.54) is 36.3 Å². The standard InChI is InChI=1S/C18H18N2O5S/c1-4-6-10-11(13(21)9-14(25-3)15(10)22)8-12-16(23)19-18(26)20(7-5-2)17(12)24/h4-5,8-9,21-22H,1-2,6-7H2,3H3,(H,19,23,26). The highest BCUT2D eigenvalue weighted by molar-refractivity contribution is 7.80. The van der Waals surface area contributed by atoms with Gasteiger partial charge in [-0.15, -0.1) is 13.2 Å². The summed E-state index contributed by atoms with van der Waals surface area (Å²) in [5.74, 6) is -1.72. The molecule has 1 saturated heterocycles. The Labute approximate surface area is 155 Å². The van der Waals surface area contributed by atoms with Crippen molar-refractivity contribution in [3.05, 3.63) is 48.1 Å². The molecule has 0 bridgehead atoms. The van der Waals surface area contributed by atoms with Crippen molar-refractivity contribution >= 4 is 35.2 Å². The number of hydrogen-bond acceptors (Lipinski definition) is 6. The first-order valence-corrected chi connectivity index (χ1v) is 7.98. The van der Waals surface area contributed by atoms with Gasteiger partial charge in [0.15, 0.2) is 16.6 Å². The van der Waals surface area contributed by atoms with E-state index in [4.69, 9.17) is 17.0 Å². The number of carbonyl (C=O) groups excluding carboxylic acids is 2. The van der Waals surface area contributed by atoms with Gasteiger partial charge in [-0.2, -0.15) is 0 Å². The third-order valence-electron chi connectivity index (χ3n) is 3.74. The van der Waals surface area contributed by atoms with Gasteiger partial charge in [-0.1, -0.05) is 12.2 Å². The molecule has 136 valence electrons. The summed E-state index contributed by atoms with van der Waals surface area (Å²) in [4.78, 5) is 26.0. The van der Waals surface area contributed by atoms with Crippen LogP contribution in [-0.4, -0.2) is 45.7 Å². The fourth-order valence-corrected chi connectivity index (χ4v) is 2.75. The molecule has 0 unspecified atom stereocenters. The van der Waals surface area contributed by atoms with Crippen molar-refractivity contribution in [3.63, 3.8) is 0 Å². The van der Waals surface area contributed by atoms with Crippen molar-refractivity contribution in [2.24, 2.45) is 0 Å². The molecule has 0 aliphatic carbocycles. The Kier molecular flexibility index (Phi) is 5.78. The van der Waals surface area contributed by atoms with Crippen LogP contribution >= 0.6 is 12.2 Å². The number of benzene rings is 1. The molecular weight excluding hydrogens is 356 g/mol. The minimum absolute atomic E-state index is 0.0230. The maximum Gasteiger partial charge on any atom is 0.265 e. The number of nitrogens with zero attached hydrogens (tertiary/aromatic N) is 1. The van der Waals surface area contributed by atoms with E-state index in [9.17, 15) is 19.8 Å². The number of hydrogen-bond donors (Lipinski definition) is 3. The van der Waals surface area contributed by atoms with E-state index in [0.29, 0.717) is 0 Å². The van der Waals surface area contributed by atoms with Crippen molar-refractivity contribution in [2.45, 2.75) is 6.42 Å². The lowest BCUT2D eigenvalue weighted by molar-refractivity contribution is -0.128. The summed E-state index contributed by atoms with van der Waals surface area (Å²) >= 11 is 4.99. The molecule has 1 aromatic rings. The fourth-order valence-electron chi connectivity index (χ4n) is 2.50. The van der Waals surface area contributed by atoms with Crippen molar-refractivity contribution in [1.82, 2.24) is 10.2 Å². The van der Waals surface area contributed by atoms with Gasteiger partial charge < -0.3 is 14.9 Å². The monoisotopic (exact) mass is 374 g/mol. The second-order valence-electron chi connectivity index (χ2n) is 5.35. The highest BCUT2D eigenvalue weighted by Crippen LogP contribution is 2.40. The number of ether oxygens (including phenoxy) is 1. The fraction of sp³-hybridized carbons (Fsp3) is 0.167. The molecule has 7 nitrogen and oxygen atoms in total. The topological polar surface area (TPSA) is 99.1 Å². The molecule has 8 heteroatoms. The van der Waals surface area contributed by atoms with Crippen LogP contribution in [0.2, 0.25) is 0 Å². The predicted octanol–water partition coefficient (Wildman–Crippen LogP) is 1.65. The molecule has 26 heavy (non-hydrogen) atoms. The minimum Gasteiger partial charge on any atom is -0.507 e. The number of phenols is 2. The average Bonchev–Trinajstić information content (AvgIpc) is 2.60. The predicted molar refractivity (Wildman–Crippen MR) is 101 cm³/mol. The molecule has 1 aliphatic heterocycles. The zero-order valence-corrected chi connectivity index (χ0v) is 14.9. The summed E-state index contributed by atoms with van der Waals surface area (Å²) < 4.78 is 5.02. The average molecular weight is 374 g/mol. The second-order valence-corrected chi connectivity index (χ2v) is 5.74.